The lowest BCUT2D eigenvalue weighted by molar-refractivity contribution is 0.580. The third kappa shape index (κ3) is 4.66. The lowest BCUT2D eigenvalue weighted by Gasteiger charge is -2.28. The maximum Gasteiger partial charge on any atom is 0.205 e. The largest absolute Gasteiger partial charge is 0.452 e. The minimum absolute atomic E-state index is 0.836. The predicted octanol–water partition coefficient (Wildman–Crippen LogP) is 4.75. The van der Waals surface area contributed by atoms with E-state index in [4.69, 9.17) is 4.12 Å². The van der Waals surface area contributed by atoms with Crippen LogP contribution >= 0.6 is 0 Å². The molecule has 1 nitrogen and oxygen atoms in total. The van der Waals surface area contributed by atoms with E-state index in [1.165, 1.54) is 33.0 Å². The number of benzene rings is 2. The van der Waals surface area contributed by atoms with Gasteiger partial charge in [-0.3, -0.25) is 0 Å². The summed E-state index contributed by atoms with van der Waals surface area (Å²) in [4.78, 5) is 0. The van der Waals surface area contributed by atoms with Gasteiger partial charge in [0.15, 0.2) is 9.04 Å². The maximum atomic E-state index is 6.63. The molecule has 3 heteroatoms. The summed E-state index contributed by atoms with van der Waals surface area (Å²) >= 11 is 0. The topological polar surface area (TPSA) is 9.23 Å². The van der Waals surface area contributed by atoms with Crippen LogP contribution in [0.15, 0.2) is 36.4 Å². The Hall–Kier alpha value is -1.17. The van der Waals surface area contributed by atoms with Crippen molar-refractivity contribution in [3.05, 3.63) is 64.2 Å². The second-order valence-electron chi connectivity index (χ2n) is 7.21. The summed E-state index contributed by atoms with van der Waals surface area (Å²) < 4.78 is 6.63. The highest BCUT2D eigenvalue weighted by Gasteiger charge is 2.28. The normalized spacial score (nSPS) is 12.0. The number of rotatable bonds is 5. The molecule has 0 aliphatic heterocycles. The molecule has 0 saturated carbocycles. The predicted molar refractivity (Wildman–Crippen MR) is 105 cm³/mol. The third-order valence-electron chi connectivity index (χ3n) is 4.66. The zero-order valence-electron chi connectivity index (χ0n) is 15.6. The van der Waals surface area contributed by atoms with E-state index in [0.717, 1.165) is 6.04 Å². The van der Waals surface area contributed by atoms with Gasteiger partial charge in [-0.2, -0.15) is 0 Å². The van der Waals surface area contributed by atoms with Gasteiger partial charge < -0.3 is 4.12 Å². The molecule has 0 spiro atoms. The average Bonchev–Trinajstić information content (AvgIpc) is 2.45. The summed E-state index contributed by atoms with van der Waals surface area (Å²) in [6, 6.07) is 14.7. The molecule has 2 aromatic carbocycles. The minimum atomic E-state index is -1.83. The number of aryl methyl sites for hydroxylation is 4. The molecule has 23 heavy (non-hydrogen) atoms. The number of hydrogen-bond donors (Lipinski definition) is 0. The highest BCUT2D eigenvalue weighted by atomic mass is 28.4. The molecule has 0 bridgehead atoms. The molecule has 0 N–H and O–H groups in total. The van der Waals surface area contributed by atoms with Crippen molar-refractivity contribution < 1.29 is 4.12 Å². The van der Waals surface area contributed by atoms with Gasteiger partial charge in [0.1, 0.15) is 0 Å². The monoisotopic (exact) mass is 341 g/mol. The summed E-state index contributed by atoms with van der Waals surface area (Å²) in [7, 11) is -2.67. The van der Waals surface area contributed by atoms with Crippen molar-refractivity contribution in [2.45, 2.75) is 53.4 Å². The molecule has 0 atom stereocenters. The van der Waals surface area contributed by atoms with Gasteiger partial charge in [-0.25, -0.2) is 0 Å². The average molecular weight is 342 g/mol. The molecule has 0 amide bonds. The van der Waals surface area contributed by atoms with Crippen molar-refractivity contribution in [2.24, 2.45) is 0 Å². The van der Waals surface area contributed by atoms with Gasteiger partial charge in [0, 0.05) is 0 Å². The van der Waals surface area contributed by atoms with Crippen LogP contribution in [0.3, 0.4) is 0 Å². The van der Waals surface area contributed by atoms with Crippen LogP contribution < -0.4 is 5.19 Å². The second kappa shape index (κ2) is 7.16. The van der Waals surface area contributed by atoms with Crippen LogP contribution in [0.4, 0.5) is 0 Å². The van der Waals surface area contributed by atoms with E-state index in [9.17, 15) is 0 Å². The molecule has 0 aromatic heterocycles. The number of hydrogen-bond acceptors (Lipinski definition) is 1. The van der Waals surface area contributed by atoms with Crippen LogP contribution in [-0.2, 0) is 10.2 Å². The van der Waals surface area contributed by atoms with Crippen LogP contribution in [0.25, 0.3) is 0 Å². The van der Waals surface area contributed by atoms with Gasteiger partial charge in [-0.05, 0) is 86.4 Å². The third-order valence-corrected chi connectivity index (χ3v) is 10.7. The van der Waals surface area contributed by atoms with E-state index >= 15 is 0 Å². The van der Waals surface area contributed by atoms with E-state index in [-0.39, 0.29) is 0 Å². The van der Waals surface area contributed by atoms with Gasteiger partial charge in [-0.1, -0.05) is 36.4 Å². The van der Waals surface area contributed by atoms with E-state index in [0.29, 0.717) is 0 Å². The summed E-state index contributed by atoms with van der Waals surface area (Å²) in [5.74, 6) is 0. The van der Waals surface area contributed by atoms with Crippen molar-refractivity contribution >= 4 is 22.5 Å². The quantitative estimate of drug-likeness (QED) is 0.713. The van der Waals surface area contributed by atoms with Crippen molar-refractivity contribution in [1.29, 1.82) is 0 Å². The smallest absolute Gasteiger partial charge is 0.205 e. The van der Waals surface area contributed by atoms with Crippen LogP contribution in [0.2, 0.25) is 19.6 Å². The summed E-state index contributed by atoms with van der Waals surface area (Å²) in [6.45, 7) is 15.7. The van der Waals surface area contributed by atoms with E-state index in [1.54, 1.807) is 0 Å². The van der Waals surface area contributed by atoms with Gasteiger partial charge in [0.2, 0.25) is 8.32 Å². The van der Waals surface area contributed by atoms with Crippen molar-refractivity contribution in [1.82, 2.24) is 0 Å². The van der Waals surface area contributed by atoms with E-state index in [1.807, 2.05) is 0 Å². The Labute approximate surface area is 144 Å². The first-order chi connectivity index (χ1) is 10.7. The van der Waals surface area contributed by atoms with Crippen LogP contribution in [-0.4, -0.2) is 17.4 Å². The minimum Gasteiger partial charge on any atom is -0.452 e. The first kappa shape index (κ1) is 18.2. The standard InChI is InChI=1S/C20H29OSi2/c1-15-8-10-19(12-17(15)3)14-22(5)21-23(6,7)20-11-9-16(2)18(4)13-20/h8-13H,14H2,1-7H3. The van der Waals surface area contributed by atoms with Crippen molar-refractivity contribution in [3.63, 3.8) is 0 Å². The Morgan fingerprint density at radius 3 is 1.96 bits per heavy atom. The van der Waals surface area contributed by atoms with Gasteiger partial charge in [0.25, 0.3) is 0 Å². The fourth-order valence-electron chi connectivity index (χ4n) is 2.85. The zero-order chi connectivity index (χ0) is 17.2. The summed E-state index contributed by atoms with van der Waals surface area (Å²) in [6.07, 6.45) is 0. The van der Waals surface area contributed by atoms with Crippen molar-refractivity contribution in [2.75, 3.05) is 0 Å². The SMILES string of the molecule is Cc1ccc(C[Si](C)O[Si](C)(C)c2ccc(C)c(C)c2)cc1C. The van der Waals surface area contributed by atoms with E-state index in [2.05, 4.69) is 83.7 Å². The molecule has 0 heterocycles. The Balaban J connectivity index is 2.09. The Bertz CT molecular complexity index is 692. The molecule has 1 radical (unpaired) electrons. The van der Waals surface area contributed by atoms with Gasteiger partial charge in [0.05, 0.1) is 0 Å². The van der Waals surface area contributed by atoms with Gasteiger partial charge >= 0.3 is 0 Å². The molecule has 0 unspecified atom stereocenters. The molecule has 0 fully saturated rings. The first-order valence-corrected chi connectivity index (χ1v) is 13.4. The maximum absolute atomic E-state index is 6.63. The zero-order valence-corrected chi connectivity index (χ0v) is 17.6. The Kier molecular flexibility index (Phi) is 5.66. The van der Waals surface area contributed by atoms with E-state index < -0.39 is 17.4 Å². The molecule has 0 saturated heterocycles. The Morgan fingerprint density at radius 1 is 0.826 bits per heavy atom. The lowest BCUT2D eigenvalue weighted by Crippen LogP contribution is -2.48. The molecule has 0 aliphatic rings. The molecule has 2 aromatic rings. The fourth-order valence-corrected chi connectivity index (χ4v) is 8.94. The second-order valence-corrected chi connectivity index (χ2v) is 13.4. The van der Waals surface area contributed by atoms with Crippen LogP contribution in [0.1, 0.15) is 27.8 Å². The molecule has 0 aliphatic carbocycles. The van der Waals surface area contributed by atoms with Crippen LogP contribution in [0, 0.1) is 27.7 Å². The highest BCUT2D eigenvalue weighted by molar-refractivity contribution is 6.88. The lowest BCUT2D eigenvalue weighted by atomic mass is 10.1. The summed E-state index contributed by atoms with van der Waals surface area (Å²) in [5, 5.41) is 1.41. The van der Waals surface area contributed by atoms with Gasteiger partial charge in [-0.15, -0.1) is 0 Å². The molecular formula is C20H29OSi2. The first-order valence-electron chi connectivity index (χ1n) is 8.34. The highest BCUT2D eigenvalue weighted by Crippen LogP contribution is 2.15. The fraction of sp³-hybridized carbons (Fsp3) is 0.400. The Morgan fingerprint density at radius 2 is 1.39 bits per heavy atom. The summed E-state index contributed by atoms with van der Waals surface area (Å²) in [5.41, 5.74) is 6.88. The molecular weight excluding hydrogens is 312 g/mol. The van der Waals surface area contributed by atoms with Crippen LogP contribution in [0.5, 0.6) is 0 Å². The molecule has 2 rings (SSSR count). The van der Waals surface area contributed by atoms with Crippen molar-refractivity contribution in [3.8, 4) is 0 Å². The molecule has 123 valence electrons.